The van der Waals surface area contributed by atoms with Gasteiger partial charge in [0.25, 0.3) is 5.91 Å². The number of primary amides is 1. The minimum Gasteiger partial charge on any atom is -0.368 e. The molecule has 6 nitrogen and oxygen atoms in total. The first-order valence-electron chi connectivity index (χ1n) is 6.77. The molecule has 0 bridgehead atoms. The number of nitrogens with zero attached hydrogens (tertiary/aromatic N) is 2. The van der Waals surface area contributed by atoms with Crippen LogP contribution < -0.4 is 11.1 Å². The molecule has 0 fully saturated rings. The van der Waals surface area contributed by atoms with Crippen LogP contribution in [0.1, 0.15) is 35.6 Å². The van der Waals surface area contributed by atoms with Crippen molar-refractivity contribution in [1.82, 2.24) is 14.9 Å². The van der Waals surface area contributed by atoms with E-state index in [9.17, 15) is 9.59 Å². The highest BCUT2D eigenvalue weighted by atomic mass is 32.2. The van der Waals surface area contributed by atoms with Gasteiger partial charge in [0.15, 0.2) is 0 Å². The average Bonchev–Trinajstić information content (AvgIpc) is 2.87. The number of hydrogen-bond acceptors (Lipinski definition) is 4. The topological polar surface area (TPSA) is 90.0 Å². The fourth-order valence-corrected chi connectivity index (χ4v) is 2.82. The number of carbonyl (C=O) groups excluding carboxylic acids is 2. The first-order valence-corrected chi connectivity index (χ1v) is 8.16. The standard InChI is InChI=1S/C13H20N4O2S/c1-20-7-5-9(12(14)18)16-13(19)10-8-15-11-4-2-3-6-17(10)11/h8-9H,2-7H2,1H3,(H2,14,18)(H,16,19)/t9-/m0/s1. The number of hydrogen-bond donors (Lipinski definition) is 2. The van der Waals surface area contributed by atoms with Gasteiger partial charge in [0.1, 0.15) is 17.6 Å². The molecule has 0 saturated carbocycles. The molecule has 2 heterocycles. The van der Waals surface area contributed by atoms with Crippen LogP contribution in [0.5, 0.6) is 0 Å². The molecule has 3 N–H and O–H groups in total. The van der Waals surface area contributed by atoms with Crippen LogP contribution >= 0.6 is 11.8 Å². The first kappa shape index (κ1) is 14.9. The number of imidazole rings is 1. The molecule has 0 saturated heterocycles. The minimum absolute atomic E-state index is 0.268. The largest absolute Gasteiger partial charge is 0.368 e. The number of thioether (sulfide) groups is 1. The van der Waals surface area contributed by atoms with Gasteiger partial charge in [-0.3, -0.25) is 9.59 Å². The van der Waals surface area contributed by atoms with Crippen LogP contribution in [0.15, 0.2) is 6.20 Å². The van der Waals surface area contributed by atoms with Crippen molar-refractivity contribution < 1.29 is 9.59 Å². The molecule has 1 aliphatic rings. The van der Waals surface area contributed by atoms with Crippen molar-refractivity contribution in [2.75, 3.05) is 12.0 Å². The molecule has 0 aliphatic carbocycles. The molecule has 2 rings (SSSR count). The number of aromatic nitrogens is 2. The van der Waals surface area contributed by atoms with Gasteiger partial charge < -0.3 is 15.6 Å². The summed E-state index contributed by atoms with van der Waals surface area (Å²) in [6, 6.07) is -0.621. The third-order valence-electron chi connectivity index (χ3n) is 3.46. The van der Waals surface area contributed by atoms with Crippen LogP contribution in [-0.2, 0) is 17.8 Å². The third kappa shape index (κ3) is 3.33. The average molecular weight is 296 g/mol. The lowest BCUT2D eigenvalue weighted by Crippen LogP contribution is -2.45. The quantitative estimate of drug-likeness (QED) is 0.802. The Hall–Kier alpha value is -1.50. The maximum Gasteiger partial charge on any atom is 0.270 e. The van der Waals surface area contributed by atoms with Crippen molar-refractivity contribution in [2.24, 2.45) is 5.73 Å². The zero-order valence-electron chi connectivity index (χ0n) is 11.6. The predicted octanol–water partition coefficient (Wildman–Crippen LogP) is 0.556. The molecule has 0 aromatic carbocycles. The number of nitrogens with one attached hydrogen (secondary N) is 1. The summed E-state index contributed by atoms with van der Waals surface area (Å²) >= 11 is 1.62. The zero-order valence-corrected chi connectivity index (χ0v) is 12.4. The molecule has 7 heteroatoms. The van der Waals surface area contributed by atoms with Gasteiger partial charge in [0.05, 0.1) is 6.20 Å². The van der Waals surface area contributed by atoms with Crippen LogP contribution in [0.25, 0.3) is 0 Å². The van der Waals surface area contributed by atoms with Gasteiger partial charge in [-0.15, -0.1) is 0 Å². The third-order valence-corrected chi connectivity index (χ3v) is 4.11. The van der Waals surface area contributed by atoms with E-state index in [1.807, 2.05) is 10.8 Å². The predicted molar refractivity (Wildman–Crippen MR) is 78.6 cm³/mol. The number of aryl methyl sites for hydroxylation is 1. The molecular weight excluding hydrogens is 276 g/mol. The lowest BCUT2D eigenvalue weighted by molar-refractivity contribution is -0.119. The number of rotatable bonds is 6. The molecule has 0 radical (unpaired) electrons. The minimum atomic E-state index is -0.621. The summed E-state index contributed by atoms with van der Waals surface area (Å²) in [4.78, 5) is 27.9. The summed E-state index contributed by atoms with van der Waals surface area (Å²) in [6.07, 6.45) is 7.14. The Morgan fingerprint density at radius 2 is 2.35 bits per heavy atom. The molecule has 2 amide bonds. The smallest absolute Gasteiger partial charge is 0.270 e. The van der Waals surface area contributed by atoms with Crippen LogP contribution in [0.4, 0.5) is 0 Å². The summed E-state index contributed by atoms with van der Waals surface area (Å²) in [5.41, 5.74) is 5.85. The molecule has 110 valence electrons. The number of carbonyl (C=O) groups is 2. The maximum absolute atomic E-state index is 12.3. The molecule has 1 aliphatic heterocycles. The molecule has 0 unspecified atom stereocenters. The number of amides is 2. The molecule has 20 heavy (non-hydrogen) atoms. The molecule has 0 spiro atoms. The summed E-state index contributed by atoms with van der Waals surface area (Å²) in [5, 5.41) is 2.72. The van der Waals surface area contributed by atoms with E-state index in [1.165, 1.54) is 0 Å². The highest BCUT2D eigenvalue weighted by Crippen LogP contribution is 2.16. The summed E-state index contributed by atoms with van der Waals surface area (Å²) in [6.45, 7) is 0.810. The molecule has 1 aromatic heterocycles. The highest BCUT2D eigenvalue weighted by molar-refractivity contribution is 7.98. The van der Waals surface area contributed by atoms with Crippen molar-refractivity contribution >= 4 is 23.6 Å². The Morgan fingerprint density at radius 3 is 3.05 bits per heavy atom. The van der Waals surface area contributed by atoms with E-state index < -0.39 is 11.9 Å². The van der Waals surface area contributed by atoms with Crippen molar-refractivity contribution in [3.05, 3.63) is 17.7 Å². The van der Waals surface area contributed by atoms with Gasteiger partial charge in [0.2, 0.25) is 5.91 Å². The van der Waals surface area contributed by atoms with Gasteiger partial charge in [0, 0.05) is 13.0 Å². The molecule has 1 atom stereocenters. The Morgan fingerprint density at radius 1 is 1.55 bits per heavy atom. The first-order chi connectivity index (χ1) is 9.63. The number of nitrogens with two attached hydrogens (primary N) is 1. The second-order valence-electron chi connectivity index (χ2n) is 4.88. The van der Waals surface area contributed by atoms with Crippen molar-refractivity contribution in [3.8, 4) is 0 Å². The second kappa shape index (κ2) is 6.78. The second-order valence-corrected chi connectivity index (χ2v) is 5.86. The van der Waals surface area contributed by atoms with E-state index in [4.69, 9.17) is 5.73 Å². The van der Waals surface area contributed by atoms with E-state index in [-0.39, 0.29) is 5.91 Å². The normalized spacial score (nSPS) is 15.4. The van der Waals surface area contributed by atoms with Crippen LogP contribution in [0.2, 0.25) is 0 Å². The Kier molecular flexibility index (Phi) is 5.05. The Labute approximate surface area is 122 Å². The van der Waals surface area contributed by atoms with E-state index in [0.29, 0.717) is 12.1 Å². The lowest BCUT2D eigenvalue weighted by atomic mass is 10.1. The molecular formula is C13H20N4O2S. The van der Waals surface area contributed by atoms with Crippen LogP contribution in [-0.4, -0.2) is 39.4 Å². The molecule has 1 aromatic rings. The van der Waals surface area contributed by atoms with E-state index in [0.717, 1.165) is 37.4 Å². The van der Waals surface area contributed by atoms with Crippen molar-refractivity contribution in [1.29, 1.82) is 0 Å². The fourth-order valence-electron chi connectivity index (χ4n) is 2.35. The summed E-state index contributed by atoms with van der Waals surface area (Å²) < 4.78 is 1.94. The van der Waals surface area contributed by atoms with Crippen molar-refractivity contribution in [3.63, 3.8) is 0 Å². The lowest BCUT2D eigenvalue weighted by Gasteiger charge is -2.18. The zero-order chi connectivity index (χ0) is 14.5. The Bertz CT molecular complexity index is 501. The summed E-state index contributed by atoms with van der Waals surface area (Å²) in [7, 11) is 0. The highest BCUT2D eigenvalue weighted by Gasteiger charge is 2.23. The van der Waals surface area contributed by atoms with Gasteiger partial charge in [-0.2, -0.15) is 11.8 Å². The van der Waals surface area contributed by atoms with Gasteiger partial charge >= 0.3 is 0 Å². The SMILES string of the molecule is CSCC[C@H](NC(=O)c1cnc2n1CCCC2)C(N)=O. The van der Waals surface area contributed by atoms with Gasteiger partial charge in [-0.25, -0.2) is 4.98 Å². The number of fused-ring (bicyclic) bond motifs is 1. The fraction of sp³-hybridized carbons (Fsp3) is 0.615. The monoisotopic (exact) mass is 296 g/mol. The van der Waals surface area contributed by atoms with E-state index >= 15 is 0 Å². The summed E-state index contributed by atoms with van der Waals surface area (Å²) in [5.74, 6) is 0.959. The van der Waals surface area contributed by atoms with E-state index in [1.54, 1.807) is 18.0 Å². The van der Waals surface area contributed by atoms with Gasteiger partial charge in [-0.1, -0.05) is 0 Å². The maximum atomic E-state index is 12.3. The van der Waals surface area contributed by atoms with Crippen LogP contribution in [0, 0.1) is 0 Å². The van der Waals surface area contributed by atoms with Gasteiger partial charge in [-0.05, 0) is 31.3 Å². The van der Waals surface area contributed by atoms with Crippen molar-refractivity contribution in [2.45, 2.75) is 38.3 Å². The van der Waals surface area contributed by atoms with Crippen LogP contribution in [0.3, 0.4) is 0 Å². The Balaban J connectivity index is 2.06. The van der Waals surface area contributed by atoms with E-state index in [2.05, 4.69) is 10.3 Å².